The molecule has 2 heterocycles. The minimum absolute atomic E-state index is 0.0198. The molecule has 0 saturated heterocycles. The summed E-state index contributed by atoms with van der Waals surface area (Å²) in [6, 6.07) is 8.52. The van der Waals surface area contributed by atoms with E-state index >= 15 is 0 Å². The minimum Gasteiger partial charge on any atom is -0.482 e. The van der Waals surface area contributed by atoms with Crippen molar-refractivity contribution < 1.29 is 14.3 Å². The van der Waals surface area contributed by atoms with E-state index in [-0.39, 0.29) is 24.6 Å². The zero-order chi connectivity index (χ0) is 17.1. The van der Waals surface area contributed by atoms with Gasteiger partial charge in [0.1, 0.15) is 11.6 Å². The molecule has 0 saturated carbocycles. The first kappa shape index (κ1) is 15.8. The van der Waals surface area contributed by atoms with Gasteiger partial charge >= 0.3 is 6.03 Å². The van der Waals surface area contributed by atoms with Gasteiger partial charge in [0.05, 0.1) is 11.7 Å². The van der Waals surface area contributed by atoms with Crippen molar-refractivity contribution in [3.8, 4) is 5.75 Å². The fourth-order valence-electron chi connectivity index (χ4n) is 2.41. The maximum absolute atomic E-state index is 12.1. The Morgan fingerprint density at radius 3 is 3.00 bits per heavy atom. The zero-order valence-corrected chi connectivity index (χ0v) is 13.4. The first-order chi connectivity index (χ1) is 11.5. The molecule has 1 aliphatic heterocycles. The third-order valence-corrected chi connectivity index (χ3v) is 3.73. The van der Waals surface area contributed by atoms with Crippen LogP contribution in [0.5, 0.6) is 5.75 Å². The van der Waals surface area contributed by atoms with E-state index in [1.807, 2.05) is 32.0 Å². The standard InChI is InChI=1S/C17H18N4O3/c1-10-4-3-7-18-16(10)21-17(23)19-11(2)12-5-6-14-13(8-12)20-15(22)9-24-14/h3-8,11H,9H2,1-2H3,(H,20,22)(H2,18,19,21,23)/t11-/m1/s1. The van der Waals surface area contributed by atoms with Crippen molar-refractivity contribution >= 4 is 23.4 Å². The fraction of sp³-hybridized carbons (Fsp3) is 0.235. The van der Waals surface area contributed by atoms with Gasteiger partial charge < -0.3 is 15.4 Å². The summed E-state index contributed by atoms with van der Waals surface area (Å²) in [5.41, 5.74) is 2.35. The second kappa shape index (κ2) is 6.57. The molecule has 3 N–H and O–H groups in total. The number of urea groups is 1. The van der Waals surface area contributed by atoms with E-state index in [0.29, 0.717) is 17.3 Å². The molecule has 0 radical (unpaired) electrons. The molecule has 0 fully saturated rings. The van der Waals surface area contributed by atoms with Gasteiger partial charge in [-0.3, -0.25) is 10.1 Å². The number of hydrogen-bond acceptors (Lipinski definition) is 4. The molecule has 7 heteroatoms. The van der Waals surface area contributed by atoms with Crippen LogP contribution in [-0.2, 0) is 4.79 Å². The maximum atomic E-state index is 12.1. The van der Waals surface area contributed by atoms with Gasteiger partial charge in [-0.15, -0.1) is 0 Å². The number of aryl methyl sites for hydroxylation is 1. The van der Waals surface area contributed by atoms with Gasteiger partial charge in [-0.05, 0) is 43.2 Å². The first-order valence-electron chi connectivity index (χ1n) is 7.58. The quantitative estimate of drug-likeness (QED) is 0.808. The third-order valence-electron chi connectivity index (χ3n) is 3.73. The van der Waals surface area contributed by atoms with E-state index in [1.165, 1.54) is 0 Å². The molecule has 0 aliphatic carbocycles. The van der Waals surface area contributed by atoms with Gasteiger partial charge in [-0.2, -0.15) is 0 Å². The molecule has 124 valence electrons. The van der Waals surface area contributed by atoms with E-state index < -0.39 is 0 Å². The highest BCUT2D eigenvalue weighted by Gasteiger charge is 2.18. The number of pyridine rings is 1. The topological polar surface area (TPSA) is 92.4 Å². The van der Waals surface area contributed by atoms with Crippen molar-refractivity contribution in [3.05, 3.63) is 47.7 Å². The number of aromatic nitrogens is 1. The molecule has 0 spiro atoms. The molecule has 7 nitrogen and oxygen atoms in total. The number of carbonyl (C=O) groups is 2. The van der Waals surface area contributed by atoms with Crippen LogP contribution >= 0.6 is 0 Å². The van der Waals surface area contributed by atoms with Crippen LogP contribution in [0.3, 0.4) is 0 Å². The van der Waals surface area contributed by atoms with Gasteiger partial charge in [0.25, 0.3) is 5.91 Å². The molecule has 1 atom stereocenters. The Morgan fingerprint density at radius 1 is 1.38 bits per heavy atom. The third kappa shape index (κ3) is 3.45. The lowest BCUT2D eigenvalue weighted by molar-refractivity contribution is -0.118. The van der Waals surface area contributed by atoms with Crippen LogP contribution in [0.15, 0.2) is 36.5 Å². The Labute approximate surface area is 139 Å². The Morgan fingerprint density at radius 2 is 2.21 bits per heavy atom. The van der Waals surface area contributed by atoms with Gasteiger partial charge in [0, 0.05) is 6.20 Å². The lowest BCUT2D eigenvalue weighted by Gasteiger charge is -2.21. The molecule has 24 heavy (non-hydrogen) atoms. The second-order valence-corrected chi connectivity index (χ2v) is 5.58. The summed E-state index contributed by atoms with van der Waals surface area (Å²) >= 11 is 0. The summed E-state index contributed by atoms with van der Waals surface area (Å²) < 4.78 is 5.32. The van der Waals surface area contributed by atoms with Crippen molar-refractivity contribution in [3.63, 3.8) is 0 Å². The lowest BCUT2D eigenvalue weighted by atomic mass is 10.1. The molecular weight excluding hydrogens is 308 g/mol. The number of nitrogens with one attached hydrogen (secondary N) is 3. The number of rotatable bonds is 3. The van der Waals surface area contributed by atoms with Gasteiger partial charge in [-0.25, -0.2) is 9.78 Å². The fourth-order valence-corrected chi connectivity index (χ4v) is 2.41. The van der Waals surface area contributed by atoms with Gasteiger partial charge in [0.15, 0.2) is 6.61 Å². The summed E-state index contributed by atoms with van der Waals surface area (Å²) in [7, 11) is 0. The Bertz CT molecular complexity index is 791. The SMILES string of the molecule is Cc1cccnc1NC(=O)N[C@H](C)c1ccc2c(c1)NC(=O)CO2. The Hall–Kier alpha value is -3.09. The maximum Gasteiger partial charge on any atom is 0.320 e. The number of hydrogen-bond donors (Lipinski definition) is 3. The highest BCUT2D eigenvalue weighted by Crippen LogP contribution is 2.30. The molecule has 2 aromatic rings. The van der Waals surface area contributed by atoms with Crippen molar-refractivity contribution in [2.24, 2.45) is 0 Å². The van der Waals surface area contributed by atoms with Crippen LogP contribution < -0.4 is 20.7 Å². The molecule has 0 bridgehead atoms. The molecule has 3 amide bonds. The number of nitrogens with zero attached hydrogens (tertiary/aromatic N) is 1. The van der Waals surface area contributed by atoms with Crippen molar-refractivity contribution in [1.29, 1.82) is 0 Å². The predicted octanol–water partition coefficient (Wildman–Crippen LogP) is 2.60. The van der Waals surface area contributed by atoms with Gasteiger partial charge in [-0.1, -0.05) is 12.1 Å². The van der Waals surface area contributed by atoms with E-state index in [1.54, 1.807) is 18.3 Å². The minimum atomic E-state index is -0.345. The van der Waals surface area contributed by atoms with E-state index in [0.717, 1.165) is 11.1 Å². The summed E-state index contributed by atoms with van der Waals surface area (Å²) in [5.74, 6) is 0.955. The largest absolute Gasteiger partial charge is 0.482 e. The summed E-state index contributed by atoms with van der Waals surface area (Å²) in [6.07, 6.45) is 1.62. The number of anilines is 2. The predicted molar refractivity (Wildman–Crippen MR) is 90.1 cm³/mol. The first-order valence-corrected chi connectivity index (χ1v) is 7.58. The summed E-state index contributed by atoms with van der Waals surface area (Å²) in [6.45, 7) is 3.75. The summed E-state index contributed by atoms with van der Waals surface area (Å²) in [4.78, 5) is 27.7. The van der Waals surface area contributed by atoms with E-state index in [9.17, 15) is 9.59 Å². The van der Waals surface area contributed by atoms with Gasteiger partial charge in [0.2, 0.25) is 0 Å². The van der Waals surface area contributed by atoms with Crippen LogP contribution in [0.4, 0.5) is 16.3 Å². The molecule has 1 aromatic carbocycles. The normalized spacial score (nSPS) is 14.0. The molecule has 1 aromatic heterocycles. The number of amides is 3. The Balaban J connectivity index is 1.67. The number of fused-ring (bicyclic) bond motifs is 1. The number of carbonyl (C=O) groups excluding carboxylic acids is 2. The van der Waals surface area contributed by atoms with E-state index in [4.69, 9.17) is 4.74 Å². The van der Waals surface area contributed by atoms with Crippen molar-refractivity contribution in [2.75, 3.05) is 17.2 Å². The summed E-state index contributed by atoms with van der Waals surface area (Å²) in [5, 5.41) is 8.32. The van der Waals surface area contributed by atoms with Crippen molar-refractivity contribution in [1.82, 2.24) is 10.3 Å². The van der Waals surface area contributed by atoms with Crippen LogP contribution in [0.2, 0.25) is 0 Å². The van der Waals surface area contributed by atoms with Crippen LogP contribution in [0, 0.1) is 6.92 Å². The second-order valence-electron chi connectivity index (χ2n) is 5.58. The van der Waals surface area contributed by atoms with E-state index in [2.05, 4.69) is 20.9 Å². The number of ether oxygens (including phenoxy) is 1. The van der Waals surface area contributed by atoms with Crippen LogP contribution in [0.1, 0.15) is 24.1 Å². The molecule has 1 aliphatic rings. The Kier molecular flexibility index (Phi) is 4.33. The molecule has 0 unspecified atom stereocenters. The monoisotopic (exact) mass is 326 g/mol. The highest BCUT2D eigenvalue weighted by atomic mass is 16.5. The smallest absolute Gasteiger partial charge is 0.320 e. The van der Waals surface area contributed by atoms with Crippen LogP contribution in [0.25, 0.3) is 0 Å². The average molecular weight is 326 g/mol. The van der Waals surface area contributed by atoms with Crippen molar-refractivity contribution in [2.45, 2.75) is 19.9 Å². The highest BCUT2D eigenvalue weighted by molar-refractivity contribution is 5.95. The lowest BCUT2D eigenvalue weighted by Crippen LogP contribution is -2.32. The number of benzene rings is 1. The van der Waals surface area contributed by atoms with Crippen LogP contribution in [-0.4, -0.2) is 23.5 Å². The average Bonchev–Trinajstić information content (AvgIpc) is 2.56. The molecule has 3 rings (SSSR count). The zero-order valence-electron chi connectivity index (χ0n) is 13.4. The molecular formula is C17H18N4O3.